The van der Waals surface area contributed by atoms with Crippen molar-refractivity contribution >= 4 is 70.2 Å². The number of aromatic nitrogens is 10. The molecule has 0 spiro atoms. The minimum atomic E-state index is -0.334. The van der Waals surface area contributed by atoms with Gasteiger partial charge in [0.1, 0.15) is 30.3 Å². The zero-order valence-electron chi connectivity index (χ0n) is 50.2. The third-order valence-corrected chi connectivity index (χ3v) is 16.1. The van der Waals surface area contributed by atoms with Gasteiger partial charge in [0.15, 0.2) is 23.9 Å². The summed E-state index contributed by atoms with van der Waals surface area (Å²) in [6, 6.07) is 26.5. The van der Waals surface area contributed by atoms with Crippen molar-refractivity contribution in [2.45, 2.75) is 142 Å². The third kappa shape index (κ3) is 15.2. The van der Waals surface area contributed by atoms with E-state index < -0.39 is 0 Å². The van der Waals surface area contributed by atoms with Crippen LogP contribution in [0.5, 0.6) is 0 Å². The molecule has 0 aliphatic carbocycles. The number of nitrogens with zero attached hydrogens (tertiary/aromatic N) is 14. The quantitative estimate of drug-likeness (QED) is 0.0205. The van der Waals surface area contributed by atoms with Crippen LogP contribution < -0.4 is 22.3 Å². The van der Waals surface area contributed by atoms with Gasteiger partial charge < -0.3 is 60.4 Å². The summed E-state index contributed by atoms with van der Waals surface area (Å²) in [6.45, 7) is 18.2. The molecule has 6 atom stereocenters. The Morgan fingerprint density at radius 2 is 1.10 bits per heavy atom. The lowest BCUT2D eigenvalue weighted by Gasteiger charge is -2.37. The summed E-state index contributed by atoms with van der Waals surface area (Å²) in [7, 11) is 0. The molecule has 4 fully saturated rings. The molecule has 4 aliphatic heterocycles. The first-order chi connectivity index (χ1) is 42.9. The van der Waals surface area contributed by atoms with Gasteiger partial charge >= 0.3 is 12.2 Å². The largest absolute Gasteiger partial charge is 0.445 e. The van der Waals surface area contributed by atoms with Gasteiger partial charge in [-0.25, -0.2) is 45.1 Å². The normalized spacial score (nSPS) is 20.2. The van der Waals surface area contributed by atoms with Gasteiger partial charge in [-0.2, -0.15) is 14.9 Å². The average molecular weight is 1240 g/mol. The number of carbonyl (C=O) groups is 2. The van der Waals surface area contributed by atoms with Crippen molar-refractivity contribution in [1.82, 2.24) is 59.3 Å². The number of nitrogens with two attached hydrogens (primary N) is 2. The van der Waals surface area contributed by atoms with E-state index in [1.54, 1.807) is 43.7 Å². The van der Waals surface area contributed by atoms with E-state index in [4.69, 9.17) is 56.6 Å². The van der Waals surface area contributed by atoms with Crippen molar-refractivity contribution < 1.29 is 39.0 Å². The highest BCUT2D eigenvalue weighted by Crippen LogP contribution is 2.36. The lowest BCUT2D eigenvalue weighted by atomic mass is 10.00. The maximum atomic E-state index is 13.0. The molecule has 2 amide bonds. The minimum absolute atomic E-state index is 0. The topological polar surface area (TPSA) is 324 Å². The predicted octanol–water partition coefficient (Wildman–Crippen LogP) is 10.4. The Balaban J connectivity index is 0.000000204. The highest BCUT2D eigenvalue weighted by Gasteiger charge is 2.34. The Kier molecular flexibility index (Phi) is 21.8. The molecule has 4 aliphatic rings. The van der Waals surface area contributed by atoms with Gasteiger partial charge in [0.2, 0.25) is 11.9 Å². The van der Waals surface area contributed by atoms with Gasteiger partial charge in [-0.15, -0.1) is 12.4 Å². The molecule has 0 saturated carbocycles. The zero-order valence-corrected chi connectivity index (χ0v) is 51.0. The summed E-state index contributed by atoms with van der Waals surface area (Å²) in [6.07, 6.45) is 11.5. The summed E-state index contributed by atoms with van der Waals surface area (Å²) in [5, 5.41) is 37.2. The number of halogens is 1. The fourth-order valence-electron chi connectivity index (χ4n) is 11.3. The Labute approximate surface area is 521 Å². The number of hydrogen-bond acceptors (Lipinski definition) is 20. The number of fused-ring (bicyclic) bond motifs is 2. The monoisotopic (exact) mass is 1230 g/mol. The molecule has 0 radical (unpaired) electrons. The van der Waals surface area contributed by atoms with E-state index in [1.807, 2.05) is 100 Å². The molecule has 10 heterocycles. The zero-order chi connectivity index (χ0) is 61.7. The standard InChI is InChI=1S/C31H37N9O4.C31H34N8O3.ClH.H3NO/c1-19-16-33-30(34-22-12-11-20(2)39(17-22)31(41)44-18-21-8-4-3-5-9-21)36-26(19)27-23-13-14-24(28(32)38-42)35-29(23)40(37-27)25-10-6-7-15-43-25;1-20-17-33-30(34-23-13-12-21(2)38(18-23)31(40)42-19-22-9-5-4-6-10-22)36-27(20)28-24-14-15-25(32-3)35-29(24)39(37-28)26-11-7-8-16-41-26;;1-2/h3-5,8-9,13-14,16,20,22,25,42H,6-7,10-12,15,17-18H2,1-2H3,(H2,32,38)(H,33,34,36);4-6,9-10,14-15,17,21,23,26H,7-8,11-13,16,18-19H2,1-2H3,(H,33,34,36);1H;2H,1H2/t20-,22-,25?;21-,23-,26?;;/m00../s1. The molecule has 468 valence electrons. The molecule has 8 aromatic rings. The first-order valence-corrected chi connectivity index (χ1v) is 29.7. The average Bonchev–Trinajstić information content (AvgIpc) is 1.68. The van der Waals surface area contributed by atoms with E-state index in [2.05, 4.69) is 46.5 Å². The Morgan fingerprint density at radius 3 is 1.54 bits per heavy atom. The second kappa shape index (κ2) is 30.2. The van der Waals surface area contributed by atoms with Crippen molar-refractivity contribution in [2.24, 2.45) is 16.8 Å². The van der Waals surface area contributed by atoms with Crippen LogP contribution in [0.1, 0.15) is 118 Å². The number of hydrogen-bond donors (Lipinski definition) is 6. The lowest BCUT2D eigenvalue weighted by molar-refractivity contribution is -0.0369. The van der Waals surface area contributed by atoms with E-state index in [9.17, 15) is 14.8 Å². The fourth-order valence-corrected chi connectivity index (χ4v) is 11.3. The summed E-state index contributed by atoms with van der Waals surface area (Å²) in [4.78, 5) is 61.2. The van der Waals surface area contributed by atoms with Crippen LogP contribution >= 0.6 is 12.4 Å². The number of likely N-dealkylation sites (tertiary alicyclic amines) is 2. The second-order valence-electron chi connectivity index (χ2n) is 22.3. The van der Waals surface area contributed by atoms with Crippen molar-refractivity contribution in [2.75, 3.05) is 36.9 Å². The molecule has 6 aromatic heterocycles. The van der Waals surface area contributed by atoms with Gasteiger partial charge in [0.05, 0.1) is 16.8 Å². The number of amidine groups is 1. The summed E-state index contributed by atoms with van der Waals surface area (Å²) in [5.41, 5.74) is 13.6. The molecule has 0 bridgehead atoms. The van der Waals surface area contributed by atoms with E-state index >= 15 is 0 Å². The summed E-state index contributed by atoms with van der Waals surface area (Å²) >= 11 is 0. The molecule has 2 unspecified atom stereocenters. The molecule has 8 N–H and O–H groups in total. The third-order valence-electron chi connectivity index (χ3n) is 16.1. The van der Waals surface area contributed by atoms with Crippen LogP contribution in [-0.2, 0) is 32.2 Å². The van der Waals surface area contributed by atoms with E-state index in [0.717, 1.165) is 97.2 Å². The van der Waals surface area contributed by atoms with Crippen LogP contribution in [0.25, 0.3) is 49.7 Å². The summed E-state index contributed by atoms with van der Waals surface area (Å²) in [5.74, 6) is 4.64. The number of oxime groups is 1. The smallest absolute Gasteiger partial charge is 0.410 e. The minimum Gasteiger partial charge on any atom is -0.445 e. The van der Waals surface area contributed by atoms with Gasteiger partial charge in [0, 0.05) is 68.3 Å². The van der Waals surface area contributed by atoms with E-state index in [0.29, 0.717) is 83.8 Å². The van der Waals surface area contributed by atoms with Crippen molar-refractivity contribution in [3.63, 3.8) is 0 Å². The molecule has 26 nitrogen and oxygen atoms in total. The molecule has 12 rings (SSSR count). The summed E-state index contributed by atoms with van der Waals surface area (Å²) < 4.78 is 26.9. The SMILES string of the molecule is Cc1cnc(N[C@H]2CC[C@H](C)N(C(=O)OCc3ccccc3)C2)nc1-c1nn(C2CCCCO2)c2nc(/C(N)=N/O)ccc12.Cl.NO.[C-]#[N+]c1ccc2c(-c3nc(N[C@H]4CC[C@H](C)N(C(=O)OCc5ccccc5)C4)ncc3C)nn(C3CCCCO3)c2n1. The number of rotatable bonds is 13. The fraction of sp³-hybridized carbons (Fsp3) is 0.419. The Morgan fingerprint density at radius 1 is 0.640 bits per heavy atom. The van der Waals surface area contributed by atoms with Gasteiger partial charge in [-0.05, 0) is 132 Å². The van der Waals surface area contributed by atoms with Crippen LogP contribution in [0, 0.1) is 20.4 Å². The van der Waals surface area contributed by atoms with Crippen LogP contribution in [0.15, 0.2) is 102 Å². The first kappa shape index (κ1) is 64.3. The molecule has 4 saturated heterocycles. The van der Waals surface area contributed by atoms with Gasteiger partial charge in [0.25, 0.3) is 11.5 Å². The van der Waals surface area contributed by atoms with E-state index in [1.165, 1.54) is 0 Å². The van der Waals surface area contributed by atoms with Crippen LogP contribution in [0.4, 0.5) is 27.3 Å². The molecular weight excluding hydrogens is 1160 g/mol. The Bertz CT molecular complexity index is 3760. The number of anilines is 2. The lowest BCUT2D eigenvalue weighted by Crippen LogP contribution is -2.50. The highest BCUT2D eigenvalue weighted by atomic mass is 35.5. The van der Waals surface area contributed by atoms with Gasteiger partial charge in [-0.3, -0.25) is 0 Å². The molecule has 2 aromatic carbocycles. The van der Waals surface area contributed by atoms with Crippen LogP contribution in [0.2, 0.25) is 0 Å². The van der Waals surface area contributed by atoms with Crippen LogP contribution in [0.3, 0.4) is 0 Å². The van der Waals surface area contributed by atoms with Crippen molar-refractivity contribution in [3.05, 3.63) is 137 Å². The number of carbonyl (C=O) groups excluding carboxylic acids is 2. The Hall–Kier alpha value is -9.13. The maximum Gasteiger partial charge on any atom is 0.410 e. The molecule has 89 heavy (non-hydrogen) atoms. The van der Waals surface area contributed by atoms with Gasteiger partial charge in [-0.1, -0.05) is 83.4 Å². The predicted molar refractivity (Wildman–Crippen MR) is 335 cm³/mol. The molecular formula is C62H75ClN18O8. The van der Waals surface area contributed by atoms with E-state index in [-0.39, 0.29) is 80.3 Å². The van der Waals surface area contributed by atoms with Crippen molar-refractivity contribution in [1.29, 1.82) is 0 Å². The highest BCUT2D eigenvalue weighted by molar-refractivity contribution is 5.99. The maximum absolute atomic E-state index is 13.0. The van der Waals surface area contributed by atoms with Crippen LogP contribution in [-0.4, -0.2) is 138 Å². The molecule has 27 heteroatoms. The number of ether oxygens (including phenoxy) is 4. The number of benzene rings is 2. The number of piperidine rings is 2. The number of amides is 2. The second-order valence-corrected chi connectivity index (χ2v) is 22.3. The van der Waals surface area contributed by atoms with Crippen molar-refractivity contribution in [3.8, 4) is 22.8 Å². The number of nitrogens with one attached hydrogen (secondary N) is 2. The number of pyridine rings is 2. The first-order valence-electron chi connectivity index (χ1n) is 29.7. The number of aryl methyl sites for hydroxylation is 2.